The quantitative estimate of drug-likeness (QED) is 0.863. The van der Waals surface area contributed by atoms with Crippen molar-refractivity contribution in [3.8, 4) is 5.75 Å². The van der Waals surface area contributed by atoms with Crippen molar-refractivity contribution in [3.05, 3.63) is 64.7 Å². The molecule has 7 heteroatoms. The molecule has 1 aliphatic rings. The standard InChI is InChI=1S/C18H15F2NO4/c1-24-18(23)10-5-6-15-11(7-10)8-12(25-15)9-21-17(22)16-13(19)3-2-4-14(16)20/h2-7,12H,8-9H2,1H3,(H,21,22)/t12-/m0/s1. The zero-order valence-electron chi connectivity index (χ0n) is 13.3. The molecule has 130 valence electrons. The molecule has 25 heavy (non-hydrogen) atoms. The Kier molecular flexibility index (Phi) is 4.65. The topological polar surface area (TPSA) is 64.6 Å². The minimum absolute atomic E-state index is 0.0782. The Bertz CT molecular complexity index is 818. The third-order valence-electron chi connectivity index (χ3n) is 3.90. The summed E-state index contributed by atoms with van der Waals surface area (Å²) in [5.74, 6) is -2.53. The van der Waals surface area contributed by atoms with E-state index in [4.69, 9.17) is 4.74 Å². The smallest absolute Gasteiger partial charge is 0.337 e. The van der Waals surface area contributed by atoms with Gasteiger partial charge in [-0.05, 0) is 35.9 Å². The molecule has 1 amide bonds. The highest BCUT2D eigenvalue weighted by atomic mass is 19.1. The Morgan fingerprint density at radius 3 is 2.64 bits per heavy atom. The van der Waals surface area contributed by atoms with Crippen LogP contribution in [-0.2, 0) is 11.2 Å². The SMILES string of the molecule is COC(=O)c1ccc2c(c1)C[C@@H](CNC(=O)c1c(F)cccc1F)O2. The molecule has 0 aliphatic carbocycles. The number of carbonyl (C=O) groups excluding carboxylic acids is 2. The van der Waals surface area contributed by atoms with Crippen LogP contribution in [0.1, 0.15) is 26.3 Å². The van der Waals surface area contributed by atoms with Gasteiger partial charge < -0.3 is 14.8 Å². The van der Waals surface area contributed by atoms with Crippen molar-refractivity contribution in [1.82, 2.24) is 5.32 Å². The normalized spacial score (nSPS) is 15.2. The lowest BCUT2D eigenvalue weighted by Crippen LogP contribution is -2.35. The summed E-state index contributed by atoms with van der Waals surface area (Å²) in [5, 5.41) is 2.47. The van der Waals surface area contributed by atoms with E-state index in [1.807, 2.05) is 0 Å². The number of hydrogen-bond donors (Lipinski definition) is 1. The number of hydrogen-bond acceptors (Lipinski definition) is 4. The molecule has 0 radical (unpaired) electrons. The number of nitrogens with one attached hydrogen (secondary N) is 1. The van der Waals surface area contributed by atoms with E-state index in [2.05, 4.69) is 10.1 Å². The Morgan fingerprint density at radius 1 is 1.24 bits per heavy atom. The second-order valence-electron chi connectivity index (χ2n) is 5.56. The van der Waals surface area contributed by atoms with Crippen LogP contribution in [0.3, 0.4) is 0 Å². The van der Waals surface area contributed by atoms with Gasteiger partial charge >= 0.3 is 5.97 Å². The molecule has 3 rings (SSSR count). The van der Waals surface area contributed by atoms with Gasteiger partial charge in [-0.2, -0.15) is 0 Å². The number of amides is 1. The number of fused-ring (bicyclic) bond motifs is 1. The number of esters is 1. The van der Waals surface area contributed by atoms with Crippen molar-refractivity contribution < 1.29 is 27.8 Å². The summed E-state index contributed by atoms with van der Waals surface area (Å²) in [7, 11) is 1.30. The molecule has 5 nitrogen and oxygen atoms in total. The fraction of sp³-hybridized carbons (Fsp3) is 0.222. The number of benzene rings is 2. The average Bonchev–Trinajstić information content (AvgIpc) is 3.01. The van der Waals surface area contributed by atoms with Crippen LogP contribution in [0.2, 0.25) is 0 Å². The highest BCUT2D eigenvalue weighted by Crippen LogP contribution is 2.29. The minimum atomic E-state index is -0.921. The Labute approximate surface area is 142 Å². The molecule has 1 heterocycles. The molecule has 2 aromatic rings. The lowest BCUT2D eigenvalue weighted by atomic mass is 10.1. The van der Waals surface area contributed by atoms with Crippen LogP contribution in [0.5, 0.6) is 5.75 Å². The summed E-state index contributed by atoms with van der Waals surface area (Å²) in [5.41, 5.74) is 0.591. The number of halogens is 2. The lowest BCUT2D eigenvalue weighted by Gasteiger charge is -2.12. The van der Waals surface area contributed by atoms with E-state index in [1.165, 1.54) is 13.2 Å². The summed E-state index contributed by atoms with van der Waals surface area (Å²) in [6.45, 7) is 0.0782. The number of carbonyl (C=O) groups is 2. The monoisotopic (exact) mass is 347 g/mol. The van der Waals surface area contributed by atoms with Crippen molar-refractivity contribution in [3.63, 3.8) is 0 Å². The second-order valence-corrected chi connectivity index (χ2v) is 5.56. The molecular weight excluding hydrogens is 332 g/mol. The van der Waals surface area contributed by atoms with Crippen LogP contribution in [-0.4, -0.2) is 31.6 Å². The summed E-state index contributed by atoms with van der Waals surface area (Å²) in [6.07, 6.45) is 0.0712. The van der Waals surface area contributed by atoms with Crippen molar-refractivity contribution in [2.45, 2.75) is 12.5 Å². The highest BCUT2D eigenvalue weighted by Gasteiger charge is 2.25. The second kappa shape index (κ2) is 6.88. The van der Waals surface area contributed by atoms with E-state index in [0.717, 1.165) is 17.7 Å². The molecule has 0 unspecified atom stereocenters. The van der Waals surface area contributed by atoms with E-state index in [0.29, 0.717) is 17.7 Å². The van der Waals surface area contributed by atoms with Crippen molar-refractivity contribution in [2.75, 3.05) is 13.7 Å². The van der Waals surface area contributed by atoms with Gasteiger partial charge in [0.2, 0.25) is 0 Å². The number of ether oxygens (including phenoxy) is 2. The van der Waals surface area contributed by atoms with E-state index >= 15 is 0 Å². The predicted octanol–water partition coefficient (Wildman–Crippen LogP) is 2.48. The maximum absolute atomic E-state index is 13.6. The first-order valence-corrected chi connectivity index (χ1v) is 7.59. The van der Waals surface area contributed by atoms with Crippen LogP contribution in [0.4, 0.5) is 8.78 Å². The molecule has 1 atom stereocenters. The molecular formula is C18H15F2NO4. The van der Waals surface area contributed by atoms with E-state index in [-0.39, 0.29) is 12.6 Å². The van der Waals surface area contributed by atoms with Crippen molar-refractivity contribution in [2.24, 2.45) is 0 Å². The molecule has 1 aliphatic heterocycles. The molecule has 1 N–H and O–H groups in total. The number of rotatable bonds is 4. The predicted molar refractivity (Wildman–Crippen MR) is 84.6 cm³/mol. The van der Waals surface area contributed by atoms with Gasteiger partial charge in [0.1, 0.15) is 29.1 Å². The fourth-order valence-electron chi connectivity index (χ4n) is 2.69. The molecule has 0 saturated heterocycles. The minimum Gasteiger partial charge on any atom is -0.488 e. The third-order valence-corrected chi connectivity index (χ3v) is 3.90. The van der Waals surface area contributed by atoms with Gasteiger partial charge in [-0.1, -0.05) is 6.07 Å². The summed E-state index contributed by atoms with van der Waals surface area (Å²) in [6, 6.07) is 8.14. The fourth-order valence-corrected chi connectivity index (χ4v) is 2.69. The van der Waals surface area contributed by atoms with E-state index in [1.54, 1.807) is 18.2 Å². The zero-order chi connectivity index (χ0) is 18.0. The van der Waals surface area contributed by atoms with Gasteiger partial charge in [-0.15, -0.1) is 0 Å². The van der Waals surface area contributed by atoms with Gasteiger partial charge in [-0.25, -0.2) is 13.6 Å². The van der Waals surface area contributed by atoms with Crippen molar-refractivity contribution in [1.29, 1.82) is 0 Å². The van der Waals surface area contributed by atoms with E-state index in [9.17, 15) is 18.4 Å². The summed E-state index contributed by atoms with van der Waals surface area (Å²) >= 11 is 0. The first-order valence-electron chi connectivity index (χ1n) is 7.59. The highest BCUT2D eigenvalue weighted by molar-refractivity contribution is 5.94. The Balaban J connectivity index is 1.64. The van der Waals surface area contributed by atoms with Crippen LogP contribution in [0.15, 0.2) is 36.4 Å². The van der Waals surface area contributed by atoms with Gasteiger partial charge in [0.25, 0.3) is 5.91 Å². The van der Waals surface area contributed by atoms with Gasteiger partial charge in [0, 0.05) is 6.42 Å². The molecule has 0 bridgehead atoms. The first-order chi connectivity index (χ1) is 12.0. The maximum Gasteiger partial charge on any atom is 0.337 e. The van der Waals surface area contributed by atoms with Gasteiger partial charge in [0.05, 0.1) is 19.2 Å². The molecule has 0 saturated carbocycles. The average molecular weight is 347 g/mol. The number of methoxy groups -OCH3 is 1. The molecule has 0 fully saturated rings. The largest absolute Gasteiger partial charge is 0.488 e. The van der Waals surface area contributed by atoms with Crippen molar-refractivity contribution >= 4 is 11.9 Å². The van der Waals surface area contributed by atoms with Crippen LogP contribution in [0, 0.1) is 11.6 Å². The zero-order valence-corrected chi connectivity index (χ0v) is 13.3. The summed E-state index contributed by atoms with van der Waals surface area (Å²) in [4.78, 5) is 23.5. The molecule has 0 aromatic heterocycles. The maximum atomic E-state index is 13.6. The third kappa shape index (κ3) is 3.45. The van der Waals surface area contributed by atoms with Gasteiger partial charge in [0.15, 0.2) is 0 Å². The van der Waals surface area contributed by atoms with Crippen LogP contribution >= 0.6 is 0 Å². The molecule has 0 spiro atoms. The lowest BCUT2D eigenvalue weighted by molar-refractivity contribution is 0.0600. The first kappa shape index (κ1) is 16.9. The Morgan fingerprint density at radius 2 is 1.96 bits per heavy atom. The summed E-state index contributed by atoms with van der Waals surface area (Å²) < 4.78 is 37.5. The molecule has 2 aromatic carbocycles. The Hall–Kier alpha value is -2.96. The van der Waals surface area contributed by atoms with E-state index < -0.39 is 29.1 Å². The van der Waals surface area contributed by atoms with Crippen LogP contribution in [0.25, 0.3) is 0 Å². The van der Waals surface area contributed by atoms with Gasteiger partial charge in [-0.3, -0.25) is 4.79 Å². The van der Waals surface area contributed by atoms with Crippen LogP contribution < -0.4 is 10.1 Å².